The Balaban J connectivity index is 2.03. The summed E-state index contributed by atoms with van der Waals surface area (Å²) in [6.07, 6.45) is 1.94. The number of amides is 1. The summed E-state index contributed by atoms with van der Waals surface area (Å²) >= 11 is 2.81. The van der Waals surface area contributed by atoms with Crippen LogP contribution in [0.4, 0.5) is 10.8 Å². The van der Waals surface area contributed by atoms with E-state index < -0.39 is 4.92 Å². The molecule has 0 fully saturated rings. The minimum Gasteiger partial charge on any atom is -0.308 e. The van der Waals surface area contributed by atoms with E-state index in [4.69, 9.17) is 0 Å². The first-order valence-corrected chi connectivity index (χ1v) is 10.6. The first kappa shape index (κ1) is 20.2. The molecule has 0 bridgehead atoms. The molecule has 0 aliphatic carbocycles. The van der Waals surface area contributed by atoms with Crippen molar-refractivity contribution in [3.05, 3.63) is 58.1 Å². The van der Waals surface area contributed by atoms with Gasteiger partial charge in [-0.05, 0) is 38.6 Å². The summed E-state index contributed by atoms with van der Waals surface area (Å²) in [5, 5.41) is 11.6. The Labute approximate surface area is 171 Å². The molecular weight excluding hydrogens is 396 g/mol. The average molecular weight is 417 g/mol. The molecule has 0 saturated heterocycles. The number of carbonyl (C=O) groups is 1. The lowest BCUT2D eigenvalue weighted by Crippen LogP contribution is -2.37. The molecule has 2 aromatic carbocycles. The van der Waals surface area contributed by atoms with Gasteiger partial charge in [0.05, 0.1) is 20.7 Å². The molecule has 0 unspecified atom stereocenters. The van der Waals surface area contributed by atoms with Crippen molar-refractivity contribution < 1.29 is 9.72 Å². The highest BCUT2D eigenvalue weighted by Gasteiger charge is 2.23. The fraction of sp³-hybridized carbons (Fsp3) is 0.263. The zero-order valence-corrected chi connectivity index (χ0v) is 17.4. The van der Waals surface area contributed by atoms with E-state index in [2.05, 4.69) is 4.98 Å². The second-order valence-electron chi connectivity index (χ2n) is 6.37. The Morgan fingerprint density at radius 1 is 1.21 bits per heavy atom. The van der Waals surface area contributed by atoms with Gasteiger partial charge in [-0.25, -0.2) is 4.98 Å². The molecule has 7 nitrogen and oxygen atoms in total. The molecule has 3 aromatic rings. The minimum absolute atomic E-state index is 0.0154. The van der Waals surface area contributed by atoms with Crippen molar-refractivity contribution >= 4 is 50.0 Å². The first-order valence-electron chi connectivity index (χ1n) is 8.55. The predicted molar refractivity (Wildman–Crippen MR) is 115 cm³/mol. The summed E-state index contributed by atoms with van der Waals surface area (Å²) in [7, 11) is 3.89. The quantitative estimate of drug-likeness (QED) is 0.327. The highest BCUT2D eigenvalue weighted by Crippen LogP contribution is 2.33. The van der Waals surface area contributed by atoms with E-state index in [1.54, 1.807) is 11.0 Å². The van der Waals surface area contributed by atoms with Crippen molar-refractivity contribution in [2.24, 2.45) is 0 Å². The number of carbonyl (C=O) groups excluding carboxylic acids is 1. The van der Waals surface area contributed by atoms with E-state index in [-0.39, 0.29) is 11.6 Å². The molecule has 3 rings (SSSR count). The van der Waals surface area contributed by atoms with E-state index in [1.807, 2.05) is 49.5 Å². The SMILES string of the molecule is CSc1ccccc1C(=O)N(CCN(C)C)c1nc2ccc([N+](=O)[O-])cc2s1. The highest BCUT2D eigenvalue weighted by atomic mass is 32.2. The third-order valence-corrected chi connectivity index (χ3v) is 5.99. The monoisotopic (exact) mass is 416 g/mol. The molecule has 9 heteroatoms. The molecule has 1 heterocycles. The van der Waals surface area contributed by atoms with Crippen LogP contribution in [0.15, 0.2) is 47.4 Å². The Morgan fingerprint density at radius 3 is 2.64 bits per heavy atom. The molecule has 1 aromatic heterocycles. The van der Waals surface area contributed by atoms with Crippen molar-refractivity contribution in [3.8, 4) is 0 Å². The van der Waals surface area contributed by atoms with E-state index in [0.29, 0.717) is 34.0 Å². The van der Waals surface area contributed by atoms with Gasteiger partial charge in [0.15, 0.2) is 5.13 Å². The molecule has 0 N–H and O–H groups in total. The van der Waals surface area contributed by atoms with Crippen LogP contribution in [0.1, 0.15) is 10.4 Å². The highest BCUT2D eigenvalue weighted by molar-refractivity contribution is 7.98. The van der Waals surface area contributed by atoms with Gasteiger partial charge in [-0.1, -0.05) is 23.5 Å². The maximum Gasteiger partial charge on any atom is 0.270 e. The normalized spacial score (nSPS) is 11.1. The average Bonchev–Trinajstić information content (AvgIpc) is 3.10. The number of hydrogen-bond donors (Lipinski definition) is 0. The van der Waals surface area contributed by atoms with Crippen LogP contribution in [-0.2, 0) is 0 Å². The minimum atomic E-state index is -0.428. The largest absolute Gasteiger partial charge is 0.308 e. The van der Waals surface area contributed by atoms with Crippen molar-refractivity contribution in [2.75, 3.05) is 38.3 Å². The number of thioether (sulfide) groups is 1. The maximum absolute atomic E-state index is 13.3. The second kappa shape index (κ2) is 8.68. The van der Waals surface area contributed by atoms with Crippen molar-refractivity contribution in [1.82, 2.24) is 9.88 Å². The molecule has 0 spiro atoms. The van der Waals surface area contributed by atoms with Crippen LogP contribution in [0.5, 0.6) is 0 Å². The van der Waals surface area contributed by atoms with Gasteiger partial charge in [0, 0.05) is 30.1 Å². The van der Waals surface area contributed by atoms with E-state index in [9.17, 15) is 14.9 Å². The van der Waals surface area contributed by atoms with Crippen LogP contribution < -0.4 is 4.90 Å². The van der Waals surface area contributed by atoms with E-state index in [0.717, 1.165) is 4.90 Å². The molecule has 0 radical (unpaired) electrons. The summed E-state index contributed by atoms with van der Waals surface area (Å²) in [5.41, 5.74) is 1.28. The van der Waals surface area contributed by atoms with Gasteiger partial charge in [-0.2, -0.15) is 0 Å². The Morgan fingerprint density at radius 2 is 1.96 bits per heavy atom. The smallest absolute Gasteiger partial charge is 0.270 e. The summed E-state index contributed by atoms with van der Waals surface area (Å²) in [6, 6.07) is 12.0. The molecule has 0 atom stereocenters. The lowest BCUT2D eigenvalue weighted by atomic mass is 10.2. The summed E-state index contributed by atoms with van der Waals surface area (Å²) in [4.78, 5) is 33.1. The van der Waals surface area contributed by atoms with Crippen LogP contribution >= 0.6 is 23.1 Å². The van der Waals surface area contributed by atoms with Gasteiger partial charge >= 0.3 is 0 Å². The number of rotatable bonds is 7. The Kier molecular flexibility index (Phi) is 6.28. The number of nitrogens with zero attached hydrogens (tertiary/aromatic N) is 4. The lowest BCUT2D eigenvalue weighted by Gasteiger charge is -2.22. The van der Waals surface area contributed by atoms with Crippen LogP contribution in [0, 0.1) is 10.1 Å². The maximum atomic E-state index is 13.3. The predicted octanol–water partition coefficient (Wildman–Crippen LogP) is 4.13. The number of aromatic nitrogens is 1. The van der Waals surface area contributed by atoms with Crippen molar-refractivity contribution in [1.29, 1.82) is 0 Å². The molecule has 1 amide bonds. The number of nitro groups is 1. The number of anilines is 1. The Bertz CT molecular complexity index is 1020. The standard InChI is InChI=1S/C19H20N4O3S2/c1-21(2)10-11-22(18(24)14-6-4-5-7-16(14)27-3)19-20-15-9-8-13(23(25)26)12-17(15)28-19/h4-9,12H,10-11H2,1-3H3. The van der Waals surface area contributed by atoms with Gasteiger partial charge < -0.3 is 4.90 Å². The summed E-state index contributed by atoms with van der Waals surface area (Å²) in [6.45, 7) is 1.14. The molecule has 0 aliphatic heterocycles. The van der Waals surface area contributed by atoms with Gasteiger partial charge in [0.1, 0.15) is 0 Å². The lowest BCUT2D eigenvalue weighted by molar-refractivity contribution is -0.384. The Hall–Kier alpha value is -2.49. The number of likely N-dealkylation sites (N-methyl/N-ethyl adjacent to an activating group) is 1. The summed E-state index contributed by atoms with van der Waals surface area (Å²) < 4.78 is 0.685. The second-order valence-corrected chi connectivity index (χ2v) is 8.22. The van der Waals surface area contributed by atoms with Gasteiger partial charge in [-0.15, -0.1) is 11.8 Å². The van der Waals surface area contributed by atoms with Gasteiger partial charge in [0.2, 0.25) is 0 Å². The number of thiazole rings is 1. The van der Waals surface area contributed by atoms with Crippen LogP contribution in [0.2, 0.25) is 0 Å². The number of fused-ring (bicyclic) bond motifs is 1. The third kappa shape index (κ3) is 4.32. The van der Waals surface area contributed by atoms with Crippen LogP contribution in [-0.4, -0.2) is 54.2 Å². The number of nitro benzene ring substituents is 1. The topological polar surface area (TPSA) is 79.6 Å². The molecule has 146 valence electrons. The third-order valence-electron chi connectivity index (χ3n) is 4.16. The number of benzene rings is 2. The van der Waals surface area contributed by atoms with Gasteiger partial charge in [-0.3, -0.25) is 19.8 Å². The molecule has 28 heavy (non-hydrogen) atoms. The number of non-ortho nitro benzene ring substituents is 1. The van der Waals surface area contributed by atoms with E-state index in [1.165, 1.54) is 35.2 Å². The first-order chi connectivity index (χ1) is 13.4. The number of hydrogen-bond acceptors (Lipinski definition) is 7. The van der Waals surface area contributed by atoms with E-state index >= 15 is 0 Å². The van der Waals surface area contributed by atoms with Crippen LogP contribution in [0.25, 0.3) is 10.2 Å². The fourth-order valence-electron chi connectivity index (χ4n) is 2.68. The fourth-order valence-corrected chi connectivity index (χ4v) is 4.29. The van der Waals surface area contributed by atoms with Crippen LogP contribution in [0.3, 0.4) is 0 Å². The molecule has 0 saturated carbocycles. The van der Waals surface area contributed by atoms with Gasteiger partial charge in [0.25, 0.3) is 11.6 Å². The van der Waals surface area contributed by atoms with Crippen molar-refractivity contribution in [3.63, 3.8) is 0 Å². The molecule has 0 aliphatic rings. The summed E-state index contributed by atoms with van der Waals surface area (Å²) in [5.74, 6) is -0.125. The van der Waals surface area contributed by atoms with Crippen molar-refractivity contribution in [2.45, 2.75) is 4.90 Å². The zero-order valence-electron chi connectivity index (χ0n) is 15.8. The molecular formula is C19H20N4O3S2. The zero-order chi connectivity index (χ0) is 20.3.